The number of nitrogens with zero attached hydrogens (tertiary/aromatic N) is 4. The van der Waals surface area contributed by atoms with Crippen LogP contribution >= 0.6 is 0 Å². The van der Waals surface area contributed by atoms with Gasteiger partial charge in [0.15, 0.2) is 5.82 Å². The van der Waals surface area contributed by atoms with Crippen molar-refractivity contribution in [1.29, 1.82) is 0 Å². The van der Waals surface area contributed by atoms with Gasteiger partial charge in [-0.2, -0.15) is 0 Å². The van der Waals surface area contributed by atoms with Crippen LogP contribution in [0.2, 0.25) is 0 Å². The van der Waals surface area contributed by atoms with Gasteiger partial charge in [-0.05, 0) is 35.4 Å². The van der Waals surface area contributed by atoms with E-state index in [0.29, 0.717) is 19.4 Å². The van der Waals surface area contributed by atoms with Crippen molar-refractivity contribution in [3.63, 3.8) is 0 Å². The molecule has 0 spiro atoms. The first-order chi connectivity index (χ1) is 9.59. The Balaban J connectivity index is 2.14. The molecule has 1 aromatic heterocycles. The van der Waals surface area contributed by atoms with Gasteiger partial charge >= 0.3 is 5.97 Å². The number of hydrogen-bond acceptors (Lipinski definition) is 4. The zero-order chi connectivity index (χ0) is 14.5. The number of aromatic nitrogens is 4. The van der Waals surface area contributed by atoms with E-state index in [9.17, 15) is 13.6 Å². The van der Waals surface area contributed by atoms with Crippen LogP contribution in [0.1, 0.15) is 19.3 Å². The Bertz CT molecular complexity index is 595. The molecule has 20 heavy (non-hydrogen) atoms. The maximum absolute atomic E-state index is 13.7. The number of halogens is 2. The molecule has 106 valence electrons. The smallest absolute Gasteiger partial charge is 0.303 e. The lowest BCUT2D eigenvalue weighted by Gasteiger charge is -2.06. The van der Waals surface area contributed by atoms with Crippen LogP contribution in [0.4, 0.5) is 8.78 Å². The minimum atomic E-state index is -0.887. The lowest BCUT2D eigenvalue weighted by atomic mass is 10.2. The summed E-state index contributed by atoms with van der Waals surface area (Å²) >= 11 is 0. The molecule has 0 aliphatic heterocycles. The van der Waals surface area contributed by atoms with Crippen LogP contribution in [0.3, 0.4) is 0 Å². The highest BCUT2D eigenvalue weighted by Crippen LogP contribution is 2.23. The molecule has 0 radical (unpaired) electrons. The van der Waals surface area contributed by atoms with E-state index in [-0.39, 0.29) is 17.8 Å². The number of benzene rings is 1. The van der Waals surface area contributed by atoms with Gasteiger partial charge in [-0.15, -0.1) is 5.10 Å². The van der Waals surface area contributed by atoms with Crippen molar-refractivity contribution < 1.29 is 18.7 Å². The Kier molecular flexibility index (Phi) is 4.34. The molecule has 1 heterocycles. The normalized spacial score (nSPS) is 10.7. The fourth-order valence-electron chi connectivity index (χ4n) is 1.78. The Morgan fingerprint density at radius 2 is 1.95 bits per heavy atom. The number of unbranched alkanes of at least 4 members (excludes halogenated alkanes) is 1. The molecule has 2 rings (SSSR count). The molecule has 0 saturated carbocycles. The summed E-state index contributed by atoms with van der Waals surface area (Å²) in [6.45, 7) is 0.295. The molecule has 0 bridgehead atoms. The number of carbonyl (C=O) groups is 1. The Morgan fingerprint density at radius 3 is 2.60 bits per heavy atom. The topological polar surface area (TPSA) is 80.9 Å². The van der Waals surface area contributed by atoms with Crippen molar-refractivity contribution in [2.75, 3.05) is 0 Å². The summed E-state index contributed by atoms with van der Waals surface area (Å²) in [5.41, 5.74) is -0.282. The third-order valence-corrected chi connectivity index (χ3v) is 2.73. The molecule has 6 nitrogen and oxygen atoms in total. The maximum Gasteiger partial charge on any atom is 0.303 e. The van der Waals surface area contributed by atoms with E-state index in [0.717, 1.165) is 12.1 Å². The molecule has 2 aromatic rings. The number of aliphatic carboxylic acids is 1. The number of tetrazole rings is 1. The Hall–Kier alpha value is -2.38. The third kappa shape index (κ3) is 3.14. The molecule has 0 amide bonds. The second-order valence-electron chi connectivity index (χ2n) is 4.17. The predicted octanol–water partition coefficient (Wildman–Crippen LogP) is 1.87. The molecular weight excluding hydrogens is 270 g/mol. The maximum atomic E-state index is 13.7. The summed E-state index contributed by atoms with van der Waals surface area (Å²) < 4.78 is 28.6. The molecular formula is C12H12F2N4O2. The van der Waals surface area contributed by atoms with Crippen LogP contribution in [-0.2, 0) is 11.3 Å². The van der Waals surface area contributed by atoms with Gasteiger partial charge < -0.3 is 5.11 Å². The van der Waals surface area contributed by atoms with Crippen LogP contribution in [0.5, 0.6) is 0 Å². The lowest BCUT2D eigenvalue weighted by molar-refractivity contribution is -0.137. The average Bonchev–Trinajstić information content (AvgIpc) is 2.82. The van der Waals surface area contributed by atoms with Crippen molar-refractivity contribution in [3.8, 4) is 11.4 Å². The third-order valence-electron chi connectivity index (χ3n) is 2.73. The van der Waals surface area contributed by atoms with Gasteiger partial charge in [-0.25, -0.2) is 13.5 Å². The first kappa shape index (κ1) is 14.0. The minimum absolute atomic E-state index is 0.00377. The van der Waals surface area contributed by atoms with Gasteiger partial charge in [-0.1, -0.05) is 6.07 Å². The van der Waals surface area contributed by atoms with E-state index >= 15 is 0 Å². The van der Waals surface area contributed by atoms with Gasteiger partial charge in [0.2, 0.25) is 0 Å². The van der Waals surface area contributed by atoms with E-state index in [1.165, 1.54) is 10.7 Å². The van der Waals surface area contributed by atoms with E-state index in [1.54, 1.807) is 0 Å². The molecule has 0 aliphatic rings. The standard InChI is InChI=1S/C12H12F2N4O2/c13-8-4-3-5-9(14)11(8)12-15-16-17-18(12)7-2-1-6-10(19)20/h3-5H,1-2,6-7H2,(H,19,20). The number of aryl methyl sites for hydroxylation is 1. The lowest BCUT2D eigenvalue weighted by Crippen LogP contribution is -2.06. The summed E-state index contributed by atoms with van der Waals surface area (Å²) in [4.78, 5) is 10.4. The van der Waals surface area contributed by atoms with E-state index in [2.05, 4.69) is 15.5 Å². The number of hydrogen-bond donors (Lipinski definition) is 1. The highest BCUT2D eigenvalue weighted by molar-refractivity contribution is 5.66. The summed E-state index contributed by atoms with van der Waals surface area (Å²) in [7, 11) is 0. The van der Waals surface area contributed by atoms with E-state index < -0.39 is 17.6 Å². The van der Waals surface area contributed by atoms with E-state index in [1.807, 2.05) is 0 Å². The summed E-state index contributed by atoms with van der Waals surface area (Å²) in [5.74, 6) is -2.38. The first-order valence-electron chi connectivity index (χ1n) is 6.02. The summed E-state index contributed by atoms with van der Waals surface area (Å²) in [6, 6.07) is 3.51. The van der Waals surface area contributed by atoms with E-state index in [4.69, 9.17) is 5.11 Å². The second-order valence-corrected chi connectivity index (χ2v) is 4.17. The van der Waals surface area contributed by atoms with Crippen LogP contribution in [0.25, 0.3) is 11.4 Å². The van der Waals surface area contributed by atoms with Crippen LogP contribution in [0.15, 0.2) is 18.2 Å². The number of rotatable bonds is 6. The molecule has 1 N–H and O–H groups in total. The second kappa shape index (κ2) is 6.18. The molecule has 1 aromatic carbocycles. The summed E-state index contributed by atoms with van der Waals surface area (Å²) in [5, 5.41) is 19.2. The summed E-state index contributed by atoms with van der Waals surface area (Å²) in [6.07, 6.45) is 0.973. The molecule has 0 fully saturated rings. The Labute approximate surface area is 113 Å². The molecule has 0 unspecified atom stereocenters. The van der Waals surface area contributed by atoms with Crippen LogP contribution in [-0.4, -0.2) is 31.3 Å². The Morgan fingerprint density at radius 1 is 1.25 bits per heavy atom. The minimum Gasteiger partial charge on any atom is -0.481 e. The molecule has 8 heteroatoms. The van der Waals surface area contributed by atoms with Crippen molar-refractivity contribution >= 4 is 5.97 Å². The van der Waals surface area contributed by atoms with Crippen molar-refractivity contribution in [3.05, 3.63) is 29.8 Å². The van der Waals surface area contributed by atoms with Crippen molar-refractivity contribution in [1.82, 2.24) is 20.2 Å². The predicted molar refractivity (Wildman–Crippen MR) is 64.7 cm³/mol. The monoisotopic (exact) mass is 282 g/mol. The quantitative estimate of drug-likeness (QED) is 0.818. The average molecular weight is 282 g/mol. The fraction of sp³-hybridized carbons (Fsp3) is 0.333. The highest BCUT2D eigenvalue weighted by Gasteiger charge is 2.17. The number of carboxylic acids is 1. The van der Waals surface area contributed by atoms with Crippen LogP contribution in [0, 0.1) is 11.6 Å². The van der Waals surface area contributed by atoms with Gasteiger partial charge in [-0.3, -0.25) is 4.79 Å². The van der Waals surface area contributed by atoms with Gasteiger partial charge in [0.1, 0.15) is 11.6 Å². The van der Waals surface area contributed by atoms with Crippen LogP contribution < -0.4 is 0 Å². The zero-order valence-corrected chi connectivity index (χ0v) is 10.5. The SMILES string of the molecule is O=C(O)CCCCn1nnnc1-c1c(F)cccc1F. The fourth-order valence-corrected chi connectivity index (χ4v) is 1.78. The largest absolute Gasteiger partial charge is 0.481 e. The molecule has 0 saturated heterocycles. The van der Waals surface area contributed by atoms with Gasteiger partial charge in [0, 0.05) is 13.0 Å². The van der Waals surface area contributed by atoms with Gasteiger partial charge in [0.25, 0.3) is 0 Å². The number of carboxylic acid groups (broad SMARTS) is 1. The molecule has 0 atom stereocenters. The van der Waals surface area contributed by atoms with Gasteiger partial charge in [0.05, 0.1) is 5.56 Å². The van der Waals surface area contributed by atoms with Crippen molar-refractivity contribution in [2.24, 2.45) is 0 Å². The highest BCUT2D eigenvalue weighted by atomic mass is 19.1. The first-order valence-corrected chi connectivity index (χ1v) is 6.02. The van der Waals surface area contributed by atoms with Crippen molar-refractivity contribution in [2.45, 2.75) is 25.8 Å². The zero-order valence-electron chi connectivity index (χ0n) is 10.5. The molecule has 0 aliphatic carbocycles.